The van der Waals surface area contributed by atoms with Gasteiger partial charge in [-0.05, 0) is 25.3 Å². The molecule has 0 aromatic rings. The molecule has 0 aliphatic carbocycles. The molecule has 0 rings (SSSR count). The van der Waals surface area contributed by atoms with E-state index in [9.17, 15) is 0 Å². The number of nitrogens with one attached hydrogen (secondary N) is 1. The lowest BCUT2D eigenvalue weighted by Crippen LogP contribution is -2.39. The lowest BCUT2D eigenvalue weighted by Gasteiger charge is -2.27. The first-order valence-electron chi connectivity index (χ1n) is 6.14. The Kier molecular flexibility index (Phi) is 6.46. The van der Waals surface area contributed by atoms with Gasteiger partial charge in [0.15, 0.2) is 0 Å². The predicted molar refractivity (Wildman–Crippen MR) is 69.3 cm³/mol. The molecule has 0 bridgehead atoms. The number of likely N-dealkylation sites (N-methyl/N-ethyl adjacent to an activating group) is 1. The van der Waals surface area contributed by atoms with Crippen LogP contribution in [0.4, 0.5) is 0 Å². The van der Waals surface area contributed by atoms with Gasteiger partial charge in [-0.3, -0.25) is 0 Å². The van der Waals surface area contributed by atoms with E-state index in [1.807, 2.05) is 0 Å². The van der Waals surface area contributed by atoms with Crippen LogP contribution in [0.25, 0.3) is 0 Å². The van der Waals surface area contributed by atoms with Crippen LogP contribution in [0.3, 0.4) is 0 Å². The molecule has 0 saturated heterocycles. The average molecular weight is 214 g/mol. The van der Waals surface area contributed by atoms with E-state index in [0.717, 1.165) is 25.6 Å². The lowest BCUT2D eigenvalue weighted by atomic mass is 9.96. The Morgan fingerprint density at radius 3 is 2.07 bits per heavy atom. The van der Waals surface area contributed by atoms with Gasteiger partial charge in [0.05, 0.1) is 0 Å². The molecule has 92 valence electrons. The number of hydrogen-bond donors (Lipinski definition) is 1. The first-order chi connectivity index (χ1) is 6.72. The predicted octanol–water partition coefficient (Wildman–Crippen LogP) is 2.60. The maximum absolute atomic E-state index is 3.56. The second-order valence-electron chi connectivity index (χ2n) is 6.29. The Labute approximate surface area is 96.4 Å². The molecule has 0 saturated carbocycles. The highest BCUT2D eigenvalue weighted by Crippen LogP contribution is 2.13. The third kappa shape index (κ3) is 8.88. The summed E-state index contributed by atoms with van der Waals surface area (Å²) in [4.78, 5) is 2.40. The smallest absolute Gasteiger partial charge is 0.0104 e. The van der Waals surface area contributed by atoms with Crippen molar-refractivity contribution in [2.45, 2.75) is 47.6 Å². The van der Waals surface area contributed by atoms with Crippen LogP contribution < -0.4 is 5.32 Å². The fourth-order valence-electron chi connectivity index (χ4n) is 1.61. The molecule has 0 aliphatic heterocycles. The van der Waals surface area contributed by atoms with Crippen molar-refractivity contribution in [1.29, 1.82) is 0 Å². The van der Waals surface area contributed by atoms with E-state index in [1.165, 1.54) is 0 Å². The van der Waals surface area contributed by atoms with Crippen molar-refractivity contribution in [3.63, 3.8) is 0 Å². The minimum absolute atomic E-state index is 0.401. The minimum Gasteiger partial charge on any atom is -0.313 e. The van der Waals surface area contributed by atoms with E-state index >= 15 is 0 Å². The molecular weight excluding hydrogens is 184 g/mol. The topological polar surface area (TPSA) is 15.3 Å². The molecule has 0 aromatic carbocycles. The Balaban J connectivity index is 3.60. The normalized spacial score (nSPS) is 15.0. The first-order valence-corrected chi connectivity index (χ1v) is 6.14. The summed E-state index contributed by atoms with van der Waals surface area (Å²) < 4.78 is 0. The molecule has 1 N–H and O–H groups in total. The molecule has 2 heteroatoms. The van der Waals surface area contributed by atoms with Crippen molar-refractivity contribution in [3.05, 3.63) is 0 Å². The number of rotatable bonds is 6. The molecule has 0 radical (unpaired) electrons. The third-order valence-corrected chi connectivity index (χ3v) is 2.70. The van der Waals surface area contributed by atoms with E-state index in [0.29, 0.717) is 11.5 Å². The summed E-state index contributed by atoms with van der Waals surface area (Å²) in [6, 6.07) is 0.619. The van der Waals surface area contributed by atoms with Gasteiger partial charge >= 0.3 is 0 Å². The van der Waals surface area contributed by atoms with Crippen molar-refractivity contribution in [1.82, 2.24) is 10.2 Å². The Bertz CT molecular complexity index is 158. The van der Waals surface area contributed by atoms with E-state index < -0.39 is 0 Å². The number of nitrogens with zero attached hydrogens (tertiary/aromatic N) is 1. The molecule has 2 nitrogen and oxygen atoms in total. The zero-order chi connectivity index (χ0) is 12.1. The van der Waals surface area contributed by atoms with Crippen molar-refractivity contribution in [2.75, 3.05) is 26.7 Å². The zero-order valence-electron chi connectivity index (χ0n) is 11.7. The summed E-state index contributed by atoms with van der Waals surface area (Å²) in [6.45, 7) is 17.0. The van der Waals surface area contributed by atoms with Crippen LogP contribution in [0, 0.1) is 11.3 Å². The third-order valence-electron chi connectivity index (χ3n) is 2.70. The van der Waals surface area contributed by atoms with Gasteiger partial charge in [-0.1, -0.05) is 34.6 Å². The maximum atomic E-state index is 3.56. The van der Waals surface area contributed by atoms with Gasteiger partial charge in [-0.15, -0.1) is 0 Å². The highest BCUT2D eigenvalue weighted by Gasteiger charge is 2.13. The van der Waals surface area contributed by atoms with E-state index in [1.54, 1.807) is 0 Å². The first kappa shape index (κ1) is 14.9. The van der Waals surface area contributed by atoms with Gasteiger partial charge in [0.2, 0.25) is 0 Å². The number of hydrogen-bond acceptors (Lipinski definition) is 2. The summed E-state index contributed by atoms with van der Waals surface area (Å²) in [7, 11) is 2.20. The van der Waals surface area contributed by atoms with Crippen LogP contribution >= 0.6 is 0 Å². The lowest BCUT2D eigenvalue weighted by molar-refractivity contribution is 0.223. The molecule has 1 unspecified atom stereocenters. The summed E-state index contributed by atoms with van der Waals surface area (Å²) in [5, 5.41) is 3.56. The van der Waals surface area contributed by atoms with Gasteiger partial charge in [-0.25, -0.2) is 0 Å². The molecule has 15 heavy (non-hydrogen) atoms. The van der Waals surface area contributed by atoms with Crippen LogP contribution in [0.2, 0.25) is 0 Å². The molecular formula is C13H30N2. The van der Waals surface area contributed by atoms with E-state index in [2.05, 4.69) is 58.8 Å². The Hall–Kier alpha value is -0.0800. The second-order valence-corrected chi connectivity index (χ2v) is 6.29. The summed E-state index contributed by atoms with van der Waals surface area (Å²) in [5.74, 6) is 0.720. The molecule has 0 fully saturated rings. The van der Waals surface area contributed by atoms with Crippen molar-refractivity contribution in [3.8, 4) is 0 Å². The SMILES string of the molecule is CC(C)C(C)NCCN(C)CC(C)(C)C. The van der Waals surface area contributed by atoms with Gasteiger partial charge < -0.3 is 10.2 Å². The van der Waals surface area contributed by atoms with Crippen LogP contribution in [0.15, 0.2) is 0 Å². The highest BCUT2D eigenvalue weighted by molar-refractivity contribution is 4.69. The van der Waals surface area contributed by atoms with Crippen LogP contribution in [0.1, 0.15) is 41.5 Å². The molecule has 0 heterocycles. The summed E-state index contributed by atoms with van der Waals surface area (Å²) >= 11 is 0. The van der Waals surface area contributed by atoms with Gasteiger partial charge in [0.1, 0.15) is 0 Å². The van der Waals surface area contributed by atoms with Gasteiger partial charge in [0, 0.05) is 25.7 Å². The summed E-state index contributed by atoms with van der Waals surface area (Å²) in [5.41, 5.74) is 0.401. The summed E-state index contributed by atoms with van der Waals surface area (Å²) in [6.07, 6.45) is 0. The van der Waals surface area contributed by atoms with Crippen molar-refractivity contribution >= 4 is 0 Å². The fraction of sp³-hybridized carbons (Fsp3) is 1.00. The molecule has 0 spiro atoms. The Morgan fingerprint density at radius 1 is 1.13 bits per heavy atom. The average Bonchev–Trinajstić information content (AvgIpc) is 2.00. The Morgan fingerprint density at radius 2 is 1.67 bits per heavy atom. The highest BCUT2D eigenvalue weighted by atomic mass is 15.1. The quantitative estimate of drug-likeness (QED) is 0.731. The molecule has 1 atom stereocenters. The second kappa shape index (κ2) is 6.49. The van der Waals surface area contributed by atoms with Crippen LogP contribution in [-0.2, 0) is 0 Å². The minimum atomic E-state index is 0.401. The van der Waals surface area contributed by atoms with Crippen molar-refractivity contribution < 1.29 is 0 Å². The standard InChI is InChI=1S/C13H30N2/c1-11(2)12(3)14-8-9-15(7)10-13(4,5)6/h11-12,14H,8-10H2,1-7H3. The largest absolute Gasteiger partial charge is 0.313 e. The van der Waals surface area contributed by atoms with Crippen molar-refractivity contribution in [2.24, 2.45) is 11.3 Å². The molecule has 0 aromatic heterocycles. The van der Waals surface area contributed by atoms with Gasteiger partial charge in [-0.2, -0.15) is 0 Å². The zero-order valence-corrected chi connectivity index (χ0v) is 11.7. The van der Waals surface area contributed by atoms with E-state index in [4.69, 9.17) is 0 Å². The monoisotopic (exact) mass is 214 g/mol. The van der Waals surface area contributed by atoms with Crippen LogP contribution in [-0.4, -0.2) is 37.6 Å². The fourth-order valence-corrected chi connectivity index (χ4v) is 1.61. The van der Waals surface area contributed by atoms with E-state index in [-0.39, 0.29) is 0 Å². The molecule has 0 amide bonds. The molecule has 0 aliphatic rings. The van der Waals surface area contributed by atoms with Gasteiger partial charge in [0.25, 0.3) is 0 Å². The maximum Gasteiger partial charge on any atom is 0.0104 e. The van der Waals surface area contributed by atoms with Crippen LogP contribution in [0.5, 0.6) is 0 Å².